The van der Waals surface area contributed by atoms with Crippen LogP contribution in [0.2, 0.25) is 0 Å². The van der Waals surface area contributed by atoms with E-state index >= 15 is 0 Å². The van der Waals surface area contributed by atoms with E-state index in [9.17, 15) is 9.59 Å². The standard InChI is InChI=1S/C13H18N2O3/c1-7-6-10(4-5-11(7)12(14)16)15-9(3)8(2)13(17)18/h4-6,8-9,15H,1-3H3,(H2,14,16)(H,17,18). The number of rotatable bonds is 5. The molecule has 1 amide bonds. The number of benzene rings is 1. The van der Waals surface area contributed by atoms with Crippen LogP contribution in [0.4, 0.5) is 5.69 Å². The molecule has 0 bridgehead atoms. The maximum atomic E-state index is 11.1. The number of aryl methyl sites for hydroxylation is 1. The molecule has 0 aliphatic carbocycles. The highest BCUT2D eigenvalue weighted by atomic mass is 16.4. The van der Waals surface area contributed by atoms with Crippen molar-refractivity contribution in [3.8, 4) is 0 Å². The number of carbonyl (C=O) groups excluding carboxylic acids is 1. The lowest BCUT2D eigenvalue weighted by Crippen LogP contribution is -2.29. The lowest BCUT2D eigenvalue weighted by atomic mass is 10.0. The summed E-state index contributed by atoms with van der Waals surface area (Å²) < 4.78 is 0. The molecule has 0 aromatic heterocycles. The fourth-order valence-electron chi connectivity index (χ4n) is 1.63. The molecule has 1 rings (SSSR count). The number of carbonyl (C=O) groups is 2. The Bertz CT molecular complexity index is 471. The Kier molecular flexibility index (Phi) is 4.31. The Morgan fingerprint density at radius 1 is 1.33 bits per heavy atom. The second kappa shape index (κ2) is 5.53. The number of anilines is 1. The summed E-state index contributed by atoms with van der Waals surface area (Å²) in [4.78, 5) is 21.9. The van der Waals surface area contributed by atoms with Gasteiger partial charge in [0.25, 0.3) is 0 Å². The molecule has 2 unspecified atom stereocenters. The summed E-state index contributed by atoms with van der Waals surface area (Å²) in [6, 6.07) is 4.93. The Balaban J connectivity index is 2.84. The molecule has 1 aromatic rings. The SMILES string of the molecule is Cc1cc(NC(C)C(C)C(=O)O)ccc1C(N)=O. The molecule has 98 valence electrons. The third-order valence-corrected chi connectivity index (χ3v) is 3.03. The predicted molar refractivity (Wildman–Crippen MR) is 69.6 cm³/mol. The van der Waals surface area contributed by atoms with Crippen molar-refractivity contribution in [2.75, 3.05) is 5.32 Å². The number of amides is 1. The minimum absolute atomic E-state index is 0.207. The molecule has 4 N–H and O–H groups in total. The smallest absolute Gasteiger partial charge is 0.308 e. The first-order chi connectivity index (χ1) is 8.32. The van der Waals surface area contributed by atoms with Gasteiger partial charge in [-0.15, -0.1) is 0 Å². The van der Waals surface area contributed by atoms with Gasteiger partial charge in [-0.25, -0.2) is 0 Å². The molecule has 1 aromatic carbocycles. The maximum Gasteiger partial charge on any atom is 0.308 e. The first-order valence-electron chi connectivity index (χ1n) is 5.72. The van der Waals surface area contributed by atoms with E-state index in [-0.39, 0.29) is 6.04 Å². The van der Waals surface area contributed by atoms with Gasteiger partial charge in [-0.1, -0.05) is 0 Å². The Hall–Kier alpha value is -2.04. The van der Waals surface area contributed by atoms with Crippen molar-refractivity contribution in [1.29, 1.82) is 0 Å². The van der Waals surface area contributed by atoms with E-state index in [1.165, 1.54) is 0 Å². The van der Waals surface area contributed by atoms with E-state index in [4.69, 9.17) is 10.8 Å². The molecule has 5 nitrogen and oxygen atoms in total. The zero-order valence-electron chi connectivity index (χ0n) is 10.7. The Labute approximate surface area is 106 Å². The van der Waals surface area contributed by atoms with E-state index in [0.29, 0.717) is 5.56 Å². The van der Waals surface area contributed by atoms with E-state index < -0.39 is 17.8 Å². The molecule has 0 saturated carbocycles. The van der Waals surface area contributed by atoms with Gasteiger partial charge in [0.2, 0.25) is 5.91 Å². The summed E-state index contributed by atoms with van der Waals surface area (Å²) in [5, 5.41) is 12.0. The molecule has 2 atom stereocenters. The second-order valence-electron chi connectivity index (χ2n) is 4.45. The van der Waals surface area contributed by atoms with Crippen LogP contribution < -0.4 is 11.1 Å². The van der Waals surface area contributed by atoms with Crippen molar-refractivity contribution in [3.05, 3.63) is 29.3 Å². The van der Waals surface area contributed by atoms with Crippen molar-refractivity contribution in [3.63, 3.8) is 0 Å². The highest BCUT2D eigenvalue weighted by molar-refractivity contribution is 5.94. The first kappa shape index (κ1) is 14.0. The van der Waals surface area contributed by atoms with Gasteiger partial charge in [0.15, 0.2) is 0 Å². The fourth-order valence-corrected chi connectivity index (χ4v) is 1.63. The van der Waals surface area contributed by atoms with Gasteiger partial charge in [0.05, 0.1) is 5.92 Å². The molecular formula is C13H18N2O3. The molecule has 0 aliphatic heterocycles. The molecule has 5 heteroatoms. The zero-order valence-corrected chi connectivity index (χ0v) is 10.7. The quantitative estimate of drug-likeness (QED) is 0.740. The van der Waals surface area contributed by atoms with Crippen LogP contribution in [0.3, 0.4) is 0 Å². The van der Waals surface area contributed by atoms with Gasteiger partial charge in [-0.05, 0) is 44.5 Å². The van der Waals surface area contributed by atoms with Gasteiger partial charge in [-0.3, -0.25) is 9.59 Å². The van der Waals surface area contributed by atoms with Crippen molar-refractivity contribution < 1.29 is 14.7 Å². The van der Waals surface area contributed by atoms with E-state index in [2.05, 4.69) is 5.32 Å². The van der Waals surface area contributed by atoms with Crippen LogP contribution in [-0.2, 0) is 4.79 Å². The van der Waals surface area contributed by atoms with Gasteiger partial charge in [-0.2, -0.15) is 0 Å². The third kappa shape index (κ3) is 3.23. The van der Waals surface area contributed by atoms with Crippen LogP contribution in [0.1, 0.15) is 29.8 Å². The number of aliphatic carboxylic acids is 1. The van der Waals surface area contributed by atoms with E-state index in [1.807, 2.05) is 0 Å². The van der Waals surface area contributed by atoms with Crippen LogP contribution >= 0.6 is 0 Å². The lowest BCUT2D eigenvalue weighted by molar-refractivity contribution is -0.141. The largest absolute Gasteiger partial charge is 0.481 e. The lowest BCUT2D eigenvalue weighted by Gasteiger charge is -2.19. The molecule has 0 aliphatic rings. The summed E-state index contributed by atoms with van der Waals surface area (Å²) >= 11 is 0. The van der Waals surface area contributed by atoms with Crippen LogP contribution in [0.15, 0.2) is 18.2 Å². The number of carboxylic acids is 1. The van der Waals surface area contributed by atoms with Crippen LogP contribution in [0.5, 0.6) is 0 Å². The van der Waals surface area contributed by atoms with Crippen molar-refractivity contribution in [1.82, 2.24) is 0 Å². The number of carboxylic acid groups (broad SMARTS) is 1. The minimum Gasteiger partial charge on any atom is -0.481 e. The number of hydrogen-bond acceptors (Lipinski definition) is 3. The average molecular weight is 250 g/mol. The van der Waals surface area contributed by atoms with Gasteiger partial charge < -0.3 is 16.2 Å². The molecular weight excluding hydrogens is 232 g/mol. The van der Waals surface area contributed by atoms with Crippen molar-refractivity contribution >= 4 is 17.6 Å². The highest BCUT2D eigenvalue weighted by Crippen LogP contribution is 2.17. The molecule has 0 saturated heterocycles. The summed E-state index contributed by atoms with van der Waals surface area (Å²) in [6.07, 6.45) is 0. The summed E-state index contributed by atoms with van der Waals surface area (Å²) in [7, 11) is 0. The number of nitrogens with two attached hydrogens (primary N) is 1. The van der Waals surface area contributed by atoms with Gasteiger partial charge >= 0.3 is 5.97 Å². The monoisotopic (exact) mass is 250 g/mol. The summed E-state index contributed by atoms with van der Waals surface area (Å²) in [6.45, 7) is 5.23. The maximum absolute atomic E-state index is 11.1. The normalized spacial score (nSPS) is 13.7. The van der Waals surface area contributed by atoms with Gasteiger partial charge in [0, 0.05) is 17.3 Å². The summed E-state index contributed by atoms with van der Waals surface area (Å²) in [5.41, 5.74) is 7.23. The Morgan fingerprint density at radius 2 is 1.94 bits per heavy atom. The average Bonchev–Trinajstić information content (AvgIpc) is 2.27. The first-order valence-corrected chi connectivity index (χ1v) is 5.72. The van der Waals surface area contributed by atoms with E-state index in [1.54, 1.807) is 39.0 Å². The number of nitrogens with one attached hydrogen (secondary N) is 1. The van der Waals surface area contributed by atoms with Crippen molar-refractivity contribution in [2.24, 2.45) is 11.7 Å². The van der Waals surface area contributed by atoms with Crippen LogP contribution in [-0.4, -0.2) is 23.0 Å². The molecule has 0 heterocycles. The molecule has 18 heavy (non-hydrogen) atoms. The molecule has 0 spiro atoms. The third-order valence-electron chi connectivity index (χ3n) is 3.03. The Morgan fingerprint density at radius 3 is 2.39 bits per heavy atom. The number of hydrogen-bond donors (Lipinski definition) is 3. The van der Waals surface area contributed by atoms with Gasteiger partial charge in [0.1, 0.15) is 0 Å². The minimum atomic E-state index is -0.847. The zero-order chi connectivity index (χ0) is 13.9. The van der Waals surface area contributed by atoms with E-state index in [0.717, 1.165) is 11.3 Å². The highest BCUT2D eigenvalue weighted by Gasteiger charge is 2.19. The summed E-state index contributed by atoms with van der Waals surface area (Å²) in [5.74, 6) is -1.81. The molecule has 0 radical (unpaired) electrons. The number of primary amides is 1. The second-order valence-corrected chi connectivity index (χ2v) is 4.45. The fraction of sp³-hybridized carbons (Fsp3) is 0.385. The van der Waals surface area contributed by atoms with Crippen LogP contribution in [0, 0.1) is 12.8 Å². The van der Waals surface area contributed by atoms with Crippen LogP contribution in [0.25, 0.3) is 0 Å². The predicted octanol–water partition coefficient (Wildman–Crippen LogP) is 1.62. The topological polar surface area (TPSA) is 92.4 Å². The van der Waals surface area contributed by atoms with Crippen molar-refractivity contribution in [2.45, 2.75) is 26.8 Å². The molecule has 0 fully saturated rings.